The molecule has 0 amide bonds. The number of rotatable bonds is 3. The first kappa shape index (κ1) is 13.7. The van der Waals surface area contributed by atoms with Gasteiger partial charge in [-0.2, -0.15) is 0 Å². The number of aliphatic hydroxyl groups excluding tert-OH is 1. The van der Waals surface area contributed by atoms with E-state index in [4.69, 9.17) is 0 Å². The van der Waals surface area contributed by atoms with E-state index in [-0.39, 0.29) is 5.82 Å². The summed E-state index contributed by atoms with van der Waals surface area (Å²) in [7, 11) is 0. The van der Waals surface area contributed by atoms with Crippen LogP contribution in [0.4, 0.5) is 4.39 Å². The zero-order valence-electron chi connectivity index (χ0n) is 9.41. The predicted octanol–water partition coefficient (Wildman–Crippen LogP) is 4.63. The van der Waals surface area contributed by atoms with Gasteiger partial charge in [-0.05, 0) is 35.4 Å². The van der Waals surface area contributed by atoms with E-state index in [2.05, 4.69) is 31.9 Å². The van der Waals surface area contributed by atoms with E-state index in [0.717, 1.165) is 20.1 Å². The van der Waals surface area contributed by atoms with Crippen molar-refractivity contribution in [1.29, 1.82) is 0 Å². The highest BCUT2D eigenvalue weighted by Gasteiger charge is 2.12. The third kappa shape index (κ3) is 3.40. The Morgan fingerprint density at radius 3 is 2.56 bits per heavy atom. The molecule has 1 N–H and O–H groups in total. The Balaban J connectivity index is 2.19. The Kier molecular flexibility index (Phi) is 4.54. The van der Waals surface area contributed by atoms with Gasteiger partial charge in [-0.25, -0.2) is 4.39 Å². The fourth-order valence-electron chi connectivity index (χ4n) is 1.77. The quantitative estimate of drug-likeness (QED) is 0.831. The van der Waals surface area contributed by atoms with E-state index in [1.807, 2.05) is 18.2 Å². The van der Waals surface area contributed by atoms with Crippen LogP contribution in [0, 0.1) is 5.82 Å². The molecule has 0 aromatic heterocycles. The molecule has 18 heavy (non-hydrogen) atoms. The molecular weight excluding hydrogens is 363 g/mol. The molecule has 4 heteroatoms. The molecule has 0 saturated heterocycles. The van der Waals surface area contributed by atoms with Gasteiger partial charge >= 0.3 is 0 Å². The monoisotopic (exact) mass is 372 g/mol. The van der Waals surface area contributed by atoms with Crippen molar-refractivity contribution in [2.75, 3.05) is 0 Å². The molecule has 1 atom stereocenters. The summed E-state index contributed by atoms with van der Waals surface area (Å²) in [4.78, 5) is 0. The SMILES string of the molecule is OC(Cc1cccc(F)c1)c1ccc(Br)cc1Br. The van der Waals surface area contributed by atoms with Gasteiger partial charge in [0.15, 0.2) is 0 Å². The number of halogens is 3. The molecule has 0 radical (unpaired) electrons. The normalized spacial score (nSPS) is 12.4. The Bertz CT molecular complexity index is 557. The van der Waals surface area contributed by atoms with E-state index < -0.39 is 6.10 Å². The van der Waals surface area contributed by atoms with Gasteiger partial charge in [-0.3, -0.25) is 0 Å². The first-order chi connectivity index (χ1) is 8.56. The van der Waals surface area contributed by atoms with Crippen molar-refractivity contribution >= 4 is 31.9 Å². The van der Waals surface area contributed by atoms with E-state index in [0.29, 0.717) is 6.42 Å². The highest BCUT2D eigenvalue weighted by molar-refractivity contribution is 9.11. The summed E-state index contributed by atoms with van der Waals surface area (Å²) < 4.78 is 14.8. The van der Waals surface area contributed by atoms with Gasteiger partial charge < -0.3 is 5.11 Å². The molecule has 0 aliphatic rings. The molecule has 0 bridgehead atoms. The van der Waals surface area contributed by atoms with Crippen LogP contribution < -0.4 is 0 Å². The molecule has 0 aliphatic heterocycles. The van der Waals surface area contributed by atoms with Crippen molar-refractivity contribution in [2.45, 2.75) is 12.5 Å². The average molecular weight is 374 g/mol. The van der Waals surface area contributed by atoms with Gasteiger partial charge in [0.05, 0.1) is 6.10 Å². The topological polar surface area (TPSA) is 20.2 Å². The molecule has 0 spiro atoms. The lowest BCUT2D eigenvalue weighted by Gasteiger charge is -2.13. The van der Waals surface area contributed by atoms with Crippen LogP contribution in [-0.4, -0.2) is 5.11 Å². The predicted molar refractivity (Wildman–Crippen MR) is 76.9 cm³/mol. The zero-order chi connectivity index (χ0) is 13.1. The Labute approximate surface area is 122 Å². The third-order valence-electron chi connectivity index (χ3n) is 2.64. The minimum absolute atomic E-state index is 0.283. The van der Waals surface area contributed by atoms with Crippen LogP contribution in [0.3, 0.4) is 0 Å². The molecule has 0 saturated carbocycles. The smallest absolute Gasteiger partial charge is 0.123 e. The number of hydrogen-bond acceptors (Lipinski definition) is 1. The summed E-state index contributed by atoms with van der Waals surface area (Å²) in [6, 6.07) is 11.9. The van der Waals surface area contributed by atoms with Crippen LogP contribution in [-0.2, 0) is 6.42 Å². The molecule has 0 aliphatic carbocycles. The number of benzene rings is 2. The van der Waals surface area contributed by atoms with Crippen LogP contribution in [0.1, 0.15) is 17.2 Å². The van der Waals surface area contributed by atoms with Crippen LogP contribution in [0.5, 0.6) is 0 Å². The summed E-state index contributed by atoms with van der Waals surface area (Å²) in [6.07, 6.45) is -0.271. The summed E-state index contributed by atoms with van der Waals surface area (Å²) in [6.45, 7) is 0. The lowest BCUT2D eigenvalue weighted by Crippen LogP contribution is -2.03. The Hall–Kier alpha value is -0.710. The molecule has 0 heterocycles. The number of hydrogen-bond donors (Lipinski definition) is 1. The van der Waals surface area contributed by atoms with Crippen molar-refractivity contribution < 1.29 is 9.50 Å². The Morgan fingerprint density at radius 2 is 1.89 bits per heavy atom. The highest BCUT2D eigenvalue weighted by atomic mass is 79.9. The summed E-state index contributed by atoms with van der Waals surface area (Å²) in [5, 5.41) is 10.2. The molecule has 2 aromatic carbocycles. The minimum Gasteiger partial charge on any atom is -0.388 e. The van der Waals surface area contributed by atoms with E-state index >= 15 is 0 Å². The molecule has 1 nitrogen and oxygen atoms in total. The van der Waals surface area contributed by atoms with Crippen molar-refractivity contribution in [3.63, 3.8) is 0 Å². The molecule has 2 rings (SSSR count). The van der Waals surface area contributed by atoms with Crippen LogP contribution in [0.15, 0.2) is 51.4 Å². The summed E-state index contributed by atoms with van der Waals surface area (Å²) in [5.74, 6) is -0.283. The van der Waals surface area contributed by atoms with Gasteiger partial charge in [0.25, 0.3) is 0 Å². The average Bonchev–Trinajstić information content (AvgIpc) is 2.28. The van der Waals surface area contributed by atoms with Crippen LogP contribution in [0.2, 0.25) is 0 Å². The fraction of sp³-hybridized carbons (Fsp3) is 0.143. The zero-order valence-corrected chi connectivity index (χ0v) is 12.6. The summed E-state index contributed by atoms with van der Waals surface area (Å²) in [5.41, 5.74) is 1.57. The van der Waals surface area contributed by atoms with Gasteiger partial charge in [-0.1, -0.05) is 50.1 Å². The largest absolute Gasteiger partial charge is 0.388 e. The van der Waals surface area contributed by atoms with E-state index in [1.54, 1.807) is 12.1 Å². The molecule has 0 fully saturated rings. The van der Waals surface area contributed by atoms with Gasteiger partial charge in [-0.15, -0.1) is 0 Å². The van der Waals surface area contributed by atoms with E-state index in [1.165, 1.54) is 12.1 Å². The lowest BCUT2D eigenvalue weighted by molar-refractivity contribution is 0.177. The molecule has 2 aromatic rings. The highest BCUT2D eigenvalue weighted by Crippen LogP contribution is 2.28. The first-order valence-corrected chi connectivity index (χ1v) is 7.02. The fourth-order valence-corrected chi connectivity index (χ4v) is 3.08. The van der Waals surface area contributed by atoms with Crippen molar-refractivity contribution in [3.8, 4) is 0 Å². The van der Waals surface area contributed by atoms with Crippen molar-refractivity contribution in [3.05, 3.63) is 68.4 Å². The maximum Gasteiger partial charge on any atom is 0.123 e. The van der Waals surface area contributed by atoms with Crippen LogP contribution in [0.25, 0.3) is 0 Å². The van der Waals surface area contributed by atoms with Crippen molar-refractivity contribution in [2.24, 2.45) is 0 Å². The first-order valence-electron chi connectivity index (χ1n) is 5.44. The second-order valence-electron chi connectivity index (χ2n) is 4.02. The maximum atomic E-state index is 13.1. The minimum atomic E-state index is -0.658. The lowest BCUT2D eigenvalue weighted by atomic mass is 10.0. The second-order valence-corrected chi connectivity index (χ2v) is 5.79. The van der Waals surface area contributed by atoms with Gasteiger partial charge in [0.2, 0.25) is 0 Å². The summed E-state index contributed by atoms with van der Waals surface area (Å²) >= 11 is 6.77. The number of aliphatic hydroxyl groups is 1. The van der Waals surface area contributed by atoms with Crippen molar-refractivity contribution in [1.82, 2.24) is 0 Å². The molecule has 94 valence electrons. The van der Waals surface area contributed by atoms with Crippen LogP contribution >= 0.6 is 31.9 Å². The Morgan fingerprint density at radius 1 is 1.11 bits per heavy atom. The maximum absolute atomic E-state index is 13.1. The van der Waals surface area contributed by atoms with Gasteiger partial charge in [0, 0.05) is 15.4 Å². The third-order valence-corrected chi connectivity index (χ3v) is 3.82. The van der Waals surface area contributed by atoms with E-state index in [9.17, 15) is 9.50 Å². The van der Waals surface area contributed by atoms with Gasteiger partial charge in [0.1, 0.15) is 5.82 Å². The molecule has 1 unspecified atom stereocenters. The standard InChI is InChI=1S/C14H11Br2FO/c15-10-4-5-12(13(16)8-10)14(18)7-9-2-1-3-11(17)6-9/h1-6,8,14,18H,7H2. The molecular formula is C14H11Br2FO. The second kappa shape index (κ2) is 5.95.